The van der Waals surface area contributed by atoms with Crippen LogP contribution < -0.4 is 10.8 Å². The van der Waals surface area contributed by atoms with Gasteiger partial charge in [0.15, 0.2) is 11.0 Å². The second kappa shape index (κ2) is 11.0. The number of nitrogens with one attached hydrogen (secondary N) is 2. The largest absolute Gasteiger partial charge is 0.398 e. The van der Waals surface area contributed by atoms with Gasteiger partial charge in [0.2, 0.25) is 0 Å². The highest BCUT2D eigenvalue weighted by atomic mass is 35.5. The van der Waals surface area contributed by atoms with Crippen LogP contribution in [0.4, 0.5) is 4.39 Å². The van der Waals surface area contributed by atoms with Gasteiger partial charge in [-0.1, -0.05) is 65.8 Å². The van der Waals surface area contributed by atoms with Gasteiger partial charge in [-0.25, -0.2) is 0 Å². The SMILES string of the molecule is C=C(NOCc1ccccc1C(=NOC)C(=O)NC)c1cccc(C=C(F)Cl)c1. The van der Waals surface area contributed by atoms with E-state index in [1.165, 1.54) is 20.2 Å². The standard InChI is InChI=1S/C21H21ClFN3O3/c1-14(16-9-6-7-15(11-16)12-19(22)23)25-29-13-17-8-4-5-10-18(17)20(26-28-3)21(27)24-2/h4-12,25H,1,13H2,2-3H3,(H,24,27). The number of hydrogen-bond acceptors (Lipinski definition) is 5. The van der Waals surface area contributed by atoms with Crippen LogP contribution in [0.15, 0.2) is 65.6 Å². The van der Waals surface area contributed by atoms with E-state index < -0.39 is 5.29 Å². The lowest BCUT2D eigenvalue weighted by Gasteiger charge is -2.13. The normalized spacial score (nSPS) is 11.7. The Kier molecular flexibility index (Phi) is 8.39. The highest BCUT2D eigenvalue weighted by molar-refractivity contribution is 6.45. The highest BCUT2D eigenvalue weighted by Crippen LogP contribution is 2.17. The average Bonchev–Trinajstić information content (AvgIpc) is 2.71. The van der Waals surface area contributed by atoms with Crippen molar-refractivity contribution in [3.63, 3.8) is 0 Å². The minimum Gasteiger partial charge on any atom is -0.398 e. The Labute approximate surface area is 173 Å². The first-order valence-electron chi connectivity index (χ1n) is 8.57. The zero-order valence-electron chi connectivity index (χ0n) is 16.0. The molecule has 0 spiro atoms. The molecule has 0 aliphatic heterocycles. The van der Waals surface area contributed by atoms with Crippen molar-refractivity contribution in [1.82, 2.24) is 10.8 Å². The monoisotopic (exact) mass is 417 g/mol. The summed E-state index contributed by atoms with van der Waals surface area (Å²) >= 11 is 5.28. The maximum Gasteiger partial charge on any atom is 0.273 e. The number of likely N-dealkylation sites (N-methyl/N-ethyl adjacent to an activating group) is 1. The Bertz CT molecular complexity index is 940. The fraction of sp³-hybridized carbons (Fsp3) is 0.143. The Hall–Kier alpha value is -3.16. The van der Waals surface area contributed by atoms with Crippen LogP contribution in [0.3, 0.4) is 0 Å². The van der Waals surface area contributed by atoms with E-state index in [4.69, 9.17) is 21.3 Å². The molecule has 0 heterocycles. The van der Waals surface area contributed by atoms with Gasteiger partial charge in [-0.3, -0.25) is 15.1 Å². The molecule has 0 atom stereocenters. The van der Waals surface area contributed by atoms with E-state index in [-0.39, 0.29) is 18.2 Å². The summed E-state index contributed by atoms with van der Waals surface area (Å²) in [6.45, 7) is 4.04. The third kappa shape index (κ3) is 6.44. The molecule has 1 amide bonds. The average molecular weight is 418 g/mol. The van der Waals surface area contributed by atoms with E-state index >= 15 is 0 Å². The van der Waals surface area contributed by atoms with Gasteiger partial charge in [-0.05, 0) is 28.8 Å². The molecule has 152 valence electrons. The quantitative estimate of drug-likeness (QED) is 0.478. The predicted molar refractivity (Wildman–Crippen MR) is 112 cm³/mol. The minimum atomic E-state index is -0.807. The van der Waals surface area contributed by atoms with Gasteiger partial charge in [0.1, 0.15) is 13.7 Å². The summed E-state index contributed by atoms with van der Waals surface area (Å²) in [5, 5.41) is 5.54. The third-order valence-electron chi connectivity index (χ3n) is 3.83. The van der Waals surface area contributed by atoms with Crippen molar-refractivity contribution in [1.29, 1.82) is 0 Å². The molecular weight excluding hydrogens is 397 g/mol. The summed E-state index contributed by atoms with van der Waals surface area (Å²) in [5.74, 6) is -0.381. The summed E-state index contributed by atoms with van der Waals surface area (Å²) in [6.07, 6.45) is 1.20. The summed E-state index contributed by atoms with van der Waals surface area (Å²) in [5.41, 5.74) is 5.96. The topological polar surface area (TPSA) is 71.9 Å². The second-order valence-electron chi connectivity index (χ2n) is 5.79. The number of rotatable bonds is 9. The first-order valence-corrected chi connectivity index (χ1v) is 8.95. The van der Waals surface area contributed by atoms with E-state index in [1.54, 1.807) is 36.4 Å². The number of amides is 1. The molecule has 6 nitrogen and oxygen atoms in total. The molecule has 2 rings (SSSR count). The van der Waals surface area contributed by atoms with Crippen LogP contribution in [-0.4, -0.2) is 25.8 Å². The van der Waals surface area contributed by atoms with Crippen molar-refractivity contribution in [2.45, 2.75) is 6.61 Å². The van der Waals surface area contributed by atoms with Gasteiger partial charge >= 0.3 is 0 Å². The van der Waals surface area contributed by atoms with Crippen LogP contribution in [0.25, 0.3) is 11.8 Å². The van der Waals surface area contributed by atoms with Crippen LogP contribution in [0.2, 0.25) is 0 Å². The van der Waals surface area contributed by atoms with Gasteiger partial charge < -0.3 is 10.2 Å². The molecule has 2 aromatic rings. The van der Waals surface area contributed by atoms with Crippen molar-refractivity contribution in [2.24, 2.45) is 5.16 Å². The number of carbonyl (C=O) groups excluding carboxylic acids is 1. The Morgan fingerprint density at radius 1 is 1.28 bits per heavy atom. The first kappa shape index (κ1) is 22.1. The number of hydroxylamine groups is 1. The summed E-state index contributed by atoms with van der Waals surface area (Å²) in [6, 6.07) is 14.1. The lowest BCUT2D eigenvalue weighted by atomic mass is 10.0. The second-order valence-corrected chi connectivity index (χ2v) is 6.15. The molecule has 0 radical (unpaired) electrons. The summed E-state index contributed by atoms with van der Waals surface area (Å²) in [4.78, 5) is 22.4. The van der Waals surface area contributed by atoms with E-state index in [2.05, 4.69) is 22.5 Å². The molecule has 0 aromatic heterocycles. The van der Waals surface area contributed by atoms with Crippen LogP contribution in [0.5, 0.6) is 0 Å². The number of hydrogen-bond donors (Lipinski definition) is 2. The number of nitrogens with zero attached hydrogens (tertiary/aromatic N) is 1. The molecule has 29 heavy (non-hydrogen) atoms. The van der Waals surface area contributed by atoms with E-state index in [1.807, 2.05) is 12.1 Å². The van der Waals surface area contributed by atoms with Gasteiger partial charge in [0, 0.05) is 12.6 Å². The maximum atomic E-state index is 12.9. The molecule has 0 fully saturated rings. The van der Waals surface area contributed by atoms with E-state index in [9.17, 15) is 9.18 Å². The number of carbonyl (C=O) groups is 1. The predicted octanol–water partition coefficient (Wildman–Crippen LogP) is 3.98. The highest BCUT2D eigenvalue weighted by Gasteiger charge is 2.17. The van der Waals surface area contributed by atoms with Crippen molar-refractivity contribution >= 4 is 35.0 Å². The van der Waals surface area contributed by atoms with Crippen molar-refractivity contribution < 1.29 is 18.9 Å². The molecule has 8 heteroatoms. The molecule has 0 bridgehead atoms. The lowest BCUT2D eigenvalue weighted by molar-refractivity contribution is -0.114. The van der Waals surface area contributed by atoms with E-state index in [0.29, 0.717) is 28.0 Å². The third-order valence-corrected chi connectivity index (χ3v) is 3.94. The van der Waals surface area contributed by atoms with Gasteiger partial charge in [0.05, 0.1) is 5.70 Å². The summed E-state index contributed by atoms with van der Waals surface area (Å²) in [7, 11) is 2.88. The van der Waals surface area contributed by atoms with Crippen molar-refractivity contribution in [3.8, 4) is 0 Å². The smallest absolute Gasteiger partial charge is 0.273 e. The lowest BCUT2D eigenvalue weighted by Crippen LogP contribution is -2.29. The zero-order valence-corrected chi connectivity index (χ0v) is 16.8. The molecule has 0 aliphatic rings. The molecule has 0 saturated carbocycles. The van der Waals surface area contributed by atoms with Gasteiger partial charge in [-0.2, -0.15) is 4.39 Å². The fourth-order valence-electron chi connectivity index (χ4n) is 2.50. The zero-order chi connectivity index (χ0) is 21.2. The number of halogens is 2. The number of oxime groups is 1. The maximum absolute atomic E-state index is 12.9. The first-order chi connectivity index (χ1) is 14.0. The Balaban J connectivity index is 2.10. The molecule has 0 aliphatic carbocycles. The van der Waals surface area contributed by atoms with E-state index in [0.717, 1.165) is 0 Å². The fourth-order valence-corrected chi connectivity index (χ4v) is 2.63. The van der Waals surface area contributed by atoms with Crippen LogP contribution in [-0.2, 0) is 21.1 Å². The molecule has 0 saturated heterocycles. The molecule has 2 N–H and O–H groups in total. The van der Waals surface area contributed by atoms with Crippen molar-refractivity contribution in [2.75, 3.05) is 14.2 Å². The molecule has 2 aromatic carbocycles. The Morgan fingerprint density at radius 3 is 2.72 bits per heavy atom. The number of benzene rings is 2. The summed E-state index contributed by atoms with van der Waals surface area (Å²) < 4.78 is 12.9. The van der Waals surface area contributed by atoms with Crippen LogP contribution in [0, 0.1) is 0 Å². The van der Waals surface area contributed by atoms with Crippen LogP contribution in [0.1, 0.15) is 22.3 Å². The Morgan fingerprint density at radius 2 is 2.03 bits per heavy atom. The van der Waals surface area contributed by atoms with Gasteiger partial charge in [-0.15, -0.1) is 0 Å². The molecular formula is C21H21ClFN3O3. The van der Waals surface area contributed by atoms with Crippen LogP contribution >= 0.6 is 11.6 Å². The molecule has 0 unspecified atom stereocenters. The van der Waals surface area contributed by atoms with Gasteiger partial charge in [0.25, 0.3) is 5.91 Å². The van der Waals surface area contributed by atoms with Crippen molar-refractivity contribution in [3.05, 3.63) is 82.6 Å². The minimum absolute atomic E-state index is 0.130.